The van der Waals surface area contributed by atoms with Gasteiger partial charge in [0.25, 0.3) is 0 Å². The van der Waals surface area contributed by atoms with Crippen LogP contribution in [0.4, 0.5) is 0 Å². The molecule has 5 rings (SSSR count). The number of aliphatic hydroxyl groups excluding tert-OH is 2. The summed E-state index contributed by atoms with van der Waals surface area (Å²) in [6.45, 7) is 15.6. The first-order valence-electron chi connectivity index (χ1n) is 18.1. The first-order chi connectivity index (χ1) is 22.0. The third kappa shape index (κ3) is 6.67. The van der Waals surface area contributed by atoms with Gasteiger partial charge >= 0.3 is 5.97 Å². The lowest BCUT2D eigenvalue weighted by molar-refractivity contribution is -0.336. The quantitative estimate of drug-likeness (QED) is 0.264. The number of ether oxygens (including phenoxy) is 6. The molecule has 0 radical (unpaired) electrons. The SMILES string of the molecule is CC[C@]1([C@@H]2O[C@H]([C@H]3O[C@@](O)(CO)[C@H](C)C[C@@H]3C)C[C@H]2C)CC[C@H]([C@@]2(C)CC[C@]3(C[C@@H](O)[C@@H](C)[C@@H]([C@H](C)[C@@H](OC)[C@@H](C)C(=O)O)O3)O2)O1. The Morgan fingerprint density at radius 2 is 1.72 bits per heavy atom. The molecule has 1 spiro atoms. The van der Waals surface area contributed by atoms with Crippen molar-refractivity contribution in [3.63, 3.8) is 0 Å². The van der Waals surface area contributed by atoms with Crippen LogP contribution >= 0.6 is 0 Å². The zero-order valence-corrected chi connectivity index (χ0v) is 30.0. The van der Waals surface area contributed by atoms with Gasteiger partial charge in [0.05, 0.1) is 66.5 Å². The second-order valence-electron chi connectivity index (χ2n) is 16.3. The van der Waals surface area contributed by atoms with E-state index in [1.54, 1.807) is 6.92 Å². The number of hydrogen-bond acceptors (Lipinski definition) is 10. The highest BCUT2D eigenvalue weighted by Crippen LogP contribution is 2.55. The van der Waals surface area contributed by atoms with E-state index in [4.69, 9.17) is 28.4 Å². The summed E-state index contributed by atoms with van der Waals surface area (Å²) < 4.78 is 39.4. The van der Waals surface area contributed by atoms with Crippen molar-refractivity contribution in [3.05, 3.63) is 0 Å². The van der Waals surface area contributed by atoms with E-state index in [1.165, 1.54) is 7.11 Å². The molecule has 272 valence electrons. The fourth-order valence-corrected chi connectivity index (χ4v) is 9.91. The monoisotopic (exact) mass is 670 g/mol. The molecule has 0 aromatic carbocycles. The van der Waals surface area contributed by atoms with Crippen molar-refractivity contribution >= 4 is 5.97 Å². The second kappa shape index (κ2) is 13.7. The highest BCUT2D eigenvalue weighted by Gasteiger charge is 2.62. The summed E-state index contributed by atoms with van der Waals surface area (Å²) in [6.07, 6.45) is 2.99. The third-order valence-electron chi connectivity index (χ3n) is 13.0. The Morgan fingerprint density at radius 1 is 1.02 bits per heavy atom. The molecule has 0 unspecified atom stereocenters. The minimum atomic E-state index is -1.56. The van der Waals surface area contributed by atoms with Gasteiger partial charge in [-0.3, -0.25) is 4.79 Å². The van der Waals surface area contributed by atoms with E-state index in [1.807, 2.05) is 20.8 Å². The minimum Gasteiger partial charge on any atom is -0.481 e. The van der Waals surface area contributed by atoms with Crippen molar-refractivity contribution in [1.29, 1.82) is 0 Å². The van der Waals surface area contributed by atoms with Crippen molar-refractivity contribution in [2.75, 3.05) is 13.7 Å². The molecule has 4 N–H and O–H groups in total. The van der Waals surface area contributed by atoms with Crippen molar-refractivity contribution in [3.8, 4) is 0 Å². The Morgan fingerprint density at radius 3 is 2.34 bits per heavy atom. The number of carboxylic acids is 1. The van der Waals surface area contributed by atoms with E-state index < -0.39 is 59.6 Å². The molecule has 5 aliphatic rings. The molecule has 0 aromatic heterocycles. The minimum absolute atomic E-state index is 0.153. The van der Waals surface area contributed by atoms with Crippen LogP contribution < -0.4 is 0 Å². The zero-order valence-electron chi connectivity index (χ0n) is 30.0. The summed E-state index contributed by atoms with van der Waals surface area (Å²) in [5.74, 6) is -4.52. The molecular weight excluding hydrogens is 608 g/mol. The van der Waals surface area contributed by atoms with Crippen LogP contribution in [0.3, 0.4) is 0 Å². The molecule has 17 atom stereocenters. The predicted octanol–water partition coefficient (Wildman–Crippen LogP) is 4.27. The van der Waals surface area contributed by atoms with Gasteiger partial charge in [0.1, 0.15) is 0 Å². The van der Waals surface area contributed by atoms with E-state index in [2.05, 4.69) is 27.7 Å². The molecule has 5 fully saturated rings. The van der Waals surface area contributed by atoms with Gasteiger partial charge < -0.3 is 48.8 Å². The molecule has 0 aromatic rings. The Bertz CT molecular complexity index is 1110. The van der Waals surface area contributed by atoms with Gasteiger partial charge in [-0.15, -0.1) is 0 Å². The van der Waals surface area contributed by atoms with Crippen molar-refractivity contribution in [1.82, 2.24) is 0 Å². The van der Waals surface area contributed by atoms with Gasteiger partial charge in [-0.1, -0.05) is 41.5 Å². The van der Waals surface area contributed by atoms with E-state index in [-0.39, 0.29) is 54.0 Å². The van der Waals surface area contributed by atoms with Gasteiger partial charge in [-0.25, -0.2) is 0 Å². The smallest absolute Gasteiger partial charge is 0.308 e. The summed E-state index contributed by atoms with van der Waals surface area (Å²) in [5, 5.41) is 41.8. The third-order valence-corrected chi connectivity index (χ3v) is 13.0. The molecule has 5 heterocycles. The number of aliphatic carboxylic acids is 1. The summed E-state index contributed by atoms with van der Waals surface area (Å²) in [6, 6.07) is 0. The molecule has 47 heavy (non-hydrogen) atoms. The molecule has 0 bridgehead atoms. The number of hydrogen-bond donors (Lipinski definition) is 4. The van der Waals surface area contributed by atoms with Gasteiger partial charge in [0.2, 0.25) is 0 Å². The average molecular weight is 671 g/mol. The highest BCUT2D eigenvalue weighted by molar-refractivity contribution is 5.70. The maximum atomic E-state index is 11.8. The topological polar surface area (TPSA) is 153 Å². The van der Waals surface area contributed by atoms with E-state index in [0.717, 1.165) is 32.1 Å². The molecule has 11 heteroatoms. The van der Waals surface area contributed by atoms with Crippen molar-refractivity contribution < 1.29 is 53.6 Å². The van der Waals surface area contributed by atoms with E-state index >= 15 is 0 Å². The zero-order chi connectivity index (χ0) is 34.7. The lowest BCUT2D eigenvalue weighted by Crippen LogP contribution is -2.57. The highest BCUT2D eigenvalue weighted by atomic mass is 16.7. The number of carboxylic acid groups (broad SMARTS) is 1. The first kappa shape index (κ1) is 37.4. The summed E-state index contributed by atoms with van der Waals surface area (Å²) >= 11 is 0. The number of methoxy groups -OCH3 is 1. The van der Waals surface area contributed by atoms with E-state index in [9.17, 15) is 25.2 Å². The van der Waals surface area contributed by atoms with Crippen LogP contribution in [0.25, 0.3) is 0 Å². The van der Waals surface area contributed by atoms with Gasteiger partial charge in [0, 0.05) is 37.7 Å². The summed E-state index contributed by atoms with van der Waals surface area (Å²) in [7, 11) is 1.52. The fourth-order valence-electron chi connectivity index (χ4n) is 9.91. The van der Waals surface area contributed by atoms with Gasteiger partial charge in [-0.2, -0.15) is 0 Å². The Balaban J connectivity index is 1.29. The van der Waals surface area contributed by atoms with Crippen molar-refractivity contribution in [2.24, 2.45) is 35.5 Å². The van der Waals surface area contributed by atoms with Crippen LogP contribution in [0.15, 0.2) is 0 Å². The second-order valence-corrected chi connectivity index (χ2v) is 16.3. The molecule has 11 nitrogen and oxygen atoms in total. The maximum absolute atomic E-state index is 11.8. The number of carbonyl (C=O) groups is 1. The van der Waals surface area contributed by atoms with E-state index in [0.29, 0.717) is 19.3 Å². The number of rotatable bonds is 10. The summed E-state index contributed by atoms with van der Waals surface area (Å²) in [5.41, 5.74) is -1.15. The Kier molecular flexibility index (Phi) is 10.9. The lowest BCUT2D eigenvalue weighted by Gasteiger charge is -2.49. The van der Waals surface area contributed by atoms with Crippen LogP contribution in [-0.2, 0) is 33.2 Å². The fraction of sp³-hybridized carbons (Fsp3) is 0.972. The van der Waals surface area contributed by atoms with Crippen LogP contribution in [0.5, 0.6) is 0 Å². The van der Waals surface area contributed by atoms with Gasteiger partial charge in [-0.05, 0) is 64.2 Å². The molecule has 5 saturated heterocycles. The van der Waals surface area contributed by atoms with Crippen LogP contribution in [0.2, 0.25) is 0 Å². The molecule has 0 aliphatic carbocycles. The maximum Gasteiger partial charge on any atom is 0.308 e. The normalized spacial score (nSPS) is 50.9. The van der Waals surface area contributed by atoms with Crippen LogP contribution in [0, 0.1) is 35.5 Å². The Labute approximate surface area is 281 Å². The lowest BCUT2D eigenvalue weighted by atomic mass is 9.78. The largest absolute Gasteiger partial charge is 0.481 e. The predicted molar refractivity (Wildman–Crippen MR) is 172 cm³/mol. The summed E-state index contributed by atoms with van der Waals surface area (Å²) in [4.78, 5) is 11.8. The number of aliphatic hydroxyl groups is 3. The molecule has 0 saturated carbocycles. The van der Waals surface area contributed by atoms with Crippen molar-refractivity contribution in [2.45, 2.75) is 172 Å². The Hall–Kier alpha value is -0.890. The molecular formula is C36H62O11. The van der Waals surface area contributed by atoms with Crippen LogP contribution in [-0.4, -0.2) is 106 Å². The first-order valence-corrected chi connectivity index (χ1v) is 18.1. The standard InChI is InChI=1S/C36H62O11/c1-10-34(31-20(3)16-26(43-31)28-19(2)15-21(4)36(41,18-37)46-28)12-11-27(44-34)33(8)13-14-35(47-33)17-25(38)22(5)30(45-35)23(6)29(42-9)24(7)32(39)40/h19-31,37-38,41H,10-18H2,1-9H3,(H,39,40)/t19-,20+,21+,22+,23+,24+,25+,26-,27+,28-,29+,30-,31+,33+,34+,35+,36-/m0/s1. The molecule has 0 amide bonds. The van der Waals surface area contributed by atoms with Gasteiger partial charge in [0.15, 0.2) is 11.6 Å². The van der Waals surface area contributed by atoms with Crippen LogP contribution in [0.1, 0.15) is 107 Å². The average Bonchev–Trinajstić information content (AvgIpc) is 3.73. The molecule has 5 aliphatic heterocycles.